The first-order chi connectivity index (χ1) is 13.0. The number of aromatic nitrogens is 2. The Balaban J connectivity index is 1.75. The molecule has 134 valence electrons. The van der Waals surface area contributed by atoms with Crippen molar-refractivity contribution in [2.45, 2.75) is 19.4 Å². The lowest BCUT2D eigenvalue weighted by molar-refractivity contribution is -0.385. The van der Waals surface area contributed by atoms with Gasteiger partial charge in [-0.3, -0.25) is 19.9 Å². The SMILES string of the molecule is CC(=O)N1N=C(c2ccccc2[N+](=O)[O-])CC1c1cnc2ccccc2n1. The number of hydrogen-bond donors (Lipinski definition) is 0. The van der Waals surface area contributed by atoms with Crippen LogP contribution in [0.3, 0.4) is 0 Å². The Morgan fingerprint density at radius 3 is 2.59 bits per heavy atom. The summed E-state index contributed by atoms with van der Waals surface area (Å²) in [5.74, 6) is -0.261. The molecule has 0 fully saturated rings. The third kappa shape index (κ3) is 3.01. The van der Waals surface area contributed by atoms with Gasteiger partial charge in [-0.05, 0) is 18.2 Å². The lowest BCUT2D eigenvalue weighted by atomic mass is 10.0. The van der Waals surface area contributed by atoms with Crippen LogP contribution in [0, 0.1) is 10.1 Å². The second-order valence-corrected chi connectivity index (χ2v) is 6.19. The fourth-order valence-electron chi connectivity index (χ4n) is 3.20. The highest BCUT2D eigenvalue weighted by Crippen LogP contribution is 2.34. The largest absolute Gasteiger partial charge is 0.278 e. The van der Waals surface area contributed by atoms with Gasteiger partial charge in [0, 0.05) is 19.4 Å². The Bertz CT molecular complexity index is 1100. The Kier molecular flexibility index (Phi) is 4.08. The van der Waals surface area contributed by atoms with E-state index in [1.165, 1.54) is 18.0 Å². The van der Waals surface area contributed by atoms with Crippen LogP contribution in [0.2, 0.25) is 0 Å². The van der Waals surface area contributed by atoms with Crippen molar-refractivity contribution in [3.05, 3.63) is 76.1 Å². The number of nitrogens with zero attached hydrogens (tertiary/aromatic N) is 5. The molecule has 1 aliphatic rings. The van der Waals surface area contributed by atoms with Crippen molar-refractivity contribution in [1.82, 2.24) is 15.0 Å². The Hall–Kier alpha value is -3.68. The molecule has 0 radical (unpaired) electrons. The van der Waals surface area contributed by atoms with Crippen LogP contribution in [0.5, 0.6) is 0 Å². The van der Waals surface area contributed by atoms with Crippen LogP contribution in [-0.4, -0.2) is 31.5 Å². The maximum absolute atomic E-state index is 12.1. The van der Waals surface area contributed by atoms with Crippen LogP contribution in [0.15, 0.2) is 59.8 Å². The zero-order valence-electron chi connectivity index (χ0n) is 14.4. The zero-order valence-corrected chi connectivity index (χ0v) is 14.4. The minimum atomic E-state index is -0.450. The van der Waals surface area contributed by atoms with Gasteiger partial charge in [-0.25, -0.2) is 9.99 Å². The Morgan fingerprint density at radius 1 is 1.15 bits per heavy atom. The van der Waals surface area contributed by atoms with E-state index in [0.29, 0.717) is 23.4 Å². The molecule has 1 aliphatic heterocycles. The third-order valence-corrected chi connectivity index (χ3v) is 4.45. The van der Waals surface area contributed by atoms with E-state index < -0.39 is 11.0 Å². The quantitative estimate of drug-likeness (QED) is 0.526. The van der Waals surface area contributed by atoms with E-state index in [1.807, 2.05) is 24.3 Å². The van der Waals surface area contributed by atoms with E-state index in [1.54, 1.807) is 24.4 Å². The number of benzene rings is 2. The van der Waals surface area contributed by atoms with Crippen molar-refractivity contribution in [2.24, 2.45) is 5.10 Å². The second-order valence-electron chi connectivity index (χ2n) is 6.19. The predicted octanol–water partition coefficient (Wildman–Crippen LogP) is 3.24. The highest BCUT2D eigenvalue weighted by atomic mass is 16.6. The zero-order chi connectivity index (χ0) is 19.0. The summed E-state index contributed by atoms with van der Waals surface area (Å²) in [6.45, 7) is 1.41. The first-order valence-electron chi connectivity index (χ1n) is 8.37. The molecule has 2 aromatic carbocycles. The number of hydrogen-bond acceptors (Lipinski definition) is 6. The minimum Gasteiger partial charge on any atom is -0.273 e. The van der Waals surface area contributed by atoms with Crippen LogP contribution in [-0.2, 0) is 4.79 Å². The Morgan fingerprint density at radius 2 is 1.85 bits per heavy atom. The molecule has 1 unspecified atom stereocenters. The van der Waals surface area contributed by atoms with E-state index >= 15 is 0 Å². The molecule has 3 aromatic rings. The van der Waals surface area contributed by atoms with Crippen LogP contribution in [0.1, 0.15) is 30.6 Å². The van der Waals surface area contributed by atoms with Gasteiger partial charge >= 0.3 is 0 Å². The van der Waals surface area contributed by atoms with Gasteiger partial charge in [-0.15, -0.1) is 0 Å². The fraction of sp³-hybridized carbons (Fsp3) is 0.158. The molecular weight excluding hydrogens is 346 g/mol. The number of carbonyl (C=O) groups excluding carboxylic acids is 1. The van der Waals surface area contributed by atoms with Gasteiger partial charge in [0.05, 0.1) is 39.1 Å². The van der Waals surface area contributed by atoms with E-state index in [4.69, 9.17) is 0 Å². The standard InChI is InChI=1S/C19H15N5O3/c1-12(25)23-19(17-11-20-14-7-3-4-8-15(14)21-17)10-16(22-23)13-6-2-5-9-18(13)24(26)27/h2-9,11,19H,10H2,1H3. The van der Waals surface area contributed by atoms with Gasteiger partial charge in [0.15, 0.2) is 0 Å². The van der Waals surface area contributed by atoms with Crippen molar-refractivity contribution in [1.29, 1.82) is 0 Å². The second kappa shape index (κ2) is 6.56. The number of carbonyl (C=O) groups is 1. The minimum absolute atomic E-state index is 0.0370. The molecule has 0 bridgehead atoms. The number of rotatable bonds is 3. The molecular formula is C19H15N5O3. The highest BCUT2D eigenvalue weighted by Gasteiger charge is 2.34. The molecule has 8 heteroatoms. The summed E-state index contributed by atoms with van der Waals surface area (Å²) in [5.41, 5.74) is 2.93. The average molecular weight is 361 g/mol. The van der Waals surface area contributed by atoms with Crippen molar-refractivity contribution < 1.29 is 9.72 Å². The van der Waals surface area contributed by atoms with Crippen LogP contribution in [0.4, 0.5) is 5.69 Å². The topological polar surface area (TPSA) is 102 Å². The molecule has 8 nitrogen and oxygen atoms in total. The van der Waals surface area contributed by atoms with Crippen molar-refractivity contribution in [2.75, 3.05) is 0 Å². The Labute approximate surface area is 154 Å². The summed E-state index contributed by atoms with van der Waals surface area (Å²) in [5, 5.41) is 17.0. The summed E-state index contributed by atoms with van der Waals surface area (Å²) >= 11 is 0. The van der Waals surface area contributed by atoms with Crippen molar-refractivity contribution >= 4 is 28.3 Å². The number of para-hydroxylation sites is 3. The van der Waals surface area contributed by atoms with Gasteiger partial charge in [0.1, 0.15) is 6.04 Å². The molecule has 2 heterocycles. The predicted molar refractivity (Wildman–Crippen MR) is 99.0 cm³/mol. The average Bonchev–Trinajstić information content (AvgIpc) is 3.13. The molecule has 0 saturated heterocycles. The van der Waals surface area contributed by atoms with E-state index in [9.17, 15) is 14.9 Å². The van der Waals surface area contributed by atoms with Crippen LogP contribution in [0.25, 0.3) is 11.0 Å². The maximum atomic E-state index is 12.1. The number of hydrazone groups is 1. The molecule has 0 aliphatic carbocycles. The maximum Gasteiger partial charge on any atom is 0.278 e. The number of fused-ring (bicyclic) bond motifs is 1. The molecule has 0 saturated carbocycles. The fourth-order valence-corrected chi connectivity index (χ4v) is 3.20. The number of nitro benzene ring substituents is 1. The molecule has 4 rings (SSSR count). The van der Waals surface area contributed by atoms with Crippen LogP contribution < -0.4 is 0 Å². The number of amides is 1. The van der Waals surface area contributed by atoms with E-state index in [0.717, 1.165) is 11.0 Å². The summed E-state index contributed by atoms with van der Waals surface area (Å²) in [6, 6.07) is 13.4. The first-order valence-corrected chi connectivity index (χ1v) is 8.37. The third-order valence-electron chi connectivity index (χ3n) is 4.45. The molecule has 1 amide bonds. The first kappa shape index (κ1) is 16.8. The highest BCUT2D eigenvalue weighted by molar-refractivity contribution is 6.06. The van der Waals surface area contributed by atoms with E-state index in [-0.39, 0.29) is 11.6 Å². The molecule has 1 atom stereocenters. The molecule has 27 heavy (non-hydrogen) atoms. The smallest absolute Gasteiger partial charge is 0.273 e. The van der Waals surface area contributed by atoms with Gasteiger partial charge < -0.3 is 0 Å². The normalized spacial score (nSPS) is 16.4. The van der Waals surface area contributed by atoms with Gasteiger partial charge in [0.2, 0.25) is 5.91 Å². The lowest BCUT2D eigenvalue weighted by Gasteiger charge is -2.19. The summed E-state index contributed by atoms with van der Waals surface area (Å²) in [4.78, 5) is 32.0. The number of nitro groups is 1. The molecule has 0 N–H and O–H groups in total. The van der Waals surface area contributed by atoms with Gasteiger partial charge in [0.25, 0.3) is 5.69 Å². The van der Waals surface area contributed by atoms with Gasteiger partial charge in [-0.1, -0.05) is 24.3 Å². The van der Waals surface area contributed by atoms with Gasteiger partial charge in [-0.2, -0.15) is 5.10 Å². The summed E-state index contributed by atoms with van der Waals surface area (Å²) < 4.78 is 0. The van der Waals surface area contributed by atoms with E-state index in [2.05, 4.69) is 15.1 Å². The van der Waals surface area contributed by atoms with Crippen molar-refractivity contribution in [3.63, 3.8) is 0 Å². The van der Waals surface area contributed by atoms with Crippen molar-refractivity contribution in [3.8, 4) is 0 Å². The summed E-state index contributed by atoms with van der Waals surface area (Å²) in [6.07, 6.45) is 1.96. The molecule has 0 spiro atoms. The summed E-state index contributed by atoms with van der Waals surface area (Å²) in [7, 11) is 0. The monoisotopic (exact) mass is 361 g/mol. The lowest BCUT2D eigenvalue weighted by Crippen LogP contribution is -2.25. The molecule has 1 aromatic heterocycles. The van der Waals surface area contributed by atoms with Crippen LogP contribution >= 0.6 is 0 Å².